The van der Waals surface area contributed by atoms with E-state index in [0.29, 0.717) is 26.1 Å². The molecule has 0 spiro atoms. The Hall–Kier alpha value is -2.18. The first-order valence-corrected chi connectivity index (χ1v) is 9.79. The number of aryl methyl sites for hydroxylation is 1. The maximum atomic E-state index is 12.3. The van der Waals surface area contributed by atoms with Crippen molar-refractivity contribution in [1.29, 1.82) is 0 Å². The van der Waals surface area contributed by atoms with Gasteiger partial charge >= 0.3 is 0 Å². The summed E-state index contributed by atoms with van der Waals surface area (Å²) >= 11 is 1.62. The minimum Gasteiger partial charge on any atom is -0.340 e. The summed E-state index contributed by atoms with van der Waals surface area (Å²) in [5, 5.41) is 5.00. The Morgan fingerprint density at radius 3 is 2.54 bits per heavy atom. The topological polar surface area (TPSA) is 52.7 Å². The zero-order valence-electron chi connectivity index (χ0n) is 15.3. The van der Waals surface area contributed by atoms with Crippen molar-refractivity contribution in [3.8, 4) is 0 Å². The molecule has 2 aromatic rings. The highest BCUT2D eigenvalue weighted by atomic mass is 32.1. The molecule has 2 amide bonds. The Labute approximate surface area is 158 Å². The summed E-state index contributed by atoms with van der Waals surface area (Å²) in [5.74, 6) is 0.170. The third-order valence-electron chi connectivity index (χ3n) is 4.88. The summed E-state index contributed by atoms with van der Waals surface area (Å²) in [6.07, 6.45) is 0.477. The molecule has 1 N–H and O–H groups in total. The summed E-state index contributed by atoms with van der Waals surface area (Å²) in [6.45, 7) is 7.25. The number of hydrogen-bond acceptors (Lipinski definition) is 4. The van der Waals surface area contributed by atoms with Crippen molar-refractivity contribution in [2.24, 2.45) is 0 Å². The largest absolute Gasteiger partial charge is 0.340 e. The van der Waals surface area contributed by atoms with Crippen LogP contribution in [0.2, 0.25) is 0 Å². The Morgan fingerprint density at radius 1 is 1.08 bits per heavy atom. The fraction of sp³-hybridized carbons (Fsp3) is 0.400. The molecule has 1 aliphatic rings. The lowest BCUT2D eigenvalue weighted by Crippen LogP contribution is -2.50. The van der Waals surface area contributed by atoms with Gasteiger partial charge in [-0.1, -0.05) is 18.2 Å². The van der Waals surface area contributed by atoms with Gasteiger partial charge in [0, 0.05) is 36.7 Å². The lowest BCUT2D eigenvalue weighted by molar-refractivity contribution is -0.132. The highest BCUT2D eigenvalue weighted by molar-refractivity contribution is 7.10. The quantitative estimate of drug-likeness (QED) is 0.879. The number of hydrogen-bond donors (Lipinski definition) is 1. The molecule has 1 fully saturated rings. The maximum Gasteiger partial charge on any atom is 0.238 e. The number of amides is 2. The van der Waals surface area contributed by atoms with Crippen LogP contribution in [0.1, 0.15) is 16.0 Å². The first-order chi connectivity index (χ1) is 12.5. The molecule has 6 heteroatoms. The van der Waals surface area contributed by atoms with Gasteiger partial charge in [0.2, 0.25) is 11.8 Å². The van der Waals surface area contributed by atoms with Gasteiger partial charge in [-0.3, -0.25) is 14.5 Å². The minimum absolute atomic E-state index is 0.00272. The number of carbonyl (C=O) groups is 2. The number of piperazine rings is 1. The van der Waals surface area contributed by atoms with Crippen molar-refractivity contribution < 1.29 is 9.59 Å². The summed E-state index contributed by atoms with van der Waals surface area (Å²) in [4.78, 5) is 29.8. The standard InChI is InChI=1S/C20H25N3O2S/c1-15-5-3-7-18(16(15)2)21-19(24)14-22-8-10-23(11-9-22)20(25)13-17-6-4-12-26-17/h3-7,12H,8-11,13-14H2,1-2H3,(H,21,24). The van der Waals surface area contributed by atoms with Crippen LogP contribution in [0.5, 0.6) is 0 Å². The first kappa shape index (κ1) is 18.6. The lowest BCUT2D eigenvalue weighted by Gasteiger charge is -2.34. The Morgan fingerprint density at radius 2 is 1.85 bits per heavy atom. The monoisotopic (exact) mass is 371 g/mol. The smallest absolute Gasteiger partial charge is 0.238 e. The zero-order chi connectivity index (χ0) is 18.5. The molecular formula is C20H25N3O2S. The second-order valence-corrected chi connectivity index (χ2v) is 7.74. The number of anilines is 1. The molecule has 5 nitrogen and oxygen atoms in total. The van der Waals surface area contributed by atoms with Crippen LogP contribution >= 0.6 is 11.3 Å². The Bertz CT molecular complexity index is 765. The van der Waals surface area contributed by atoms with Gasteiger partial charge in [0.15, 0.2) is 0 Å². The fourth-order valence-corrected chi connectivity index (χ4v) is 3.80. The molecule has 0 aliphatic carbocycles. The molecule has 1 aromatic heterocycles. The number of rotatable bonds is 5. The average molecular weight is 372 g/mol. The highest BCUT2D eigenvalue weighted by Crippen LogP contribution is 2.18. The van der Waals surface area contributed by atoms with Crippen molar-refractivity contribution in [2.75, 3.05) is 38.0 Å². The van der Waals surface area contributed by atoms with E-state index in [4.69, 9.17) is 0 Å². The van der Waals surface area contributed by atoms with Gasteiger partial charge in [-0.25, -0.2) is 0 Å². The van der Waals surface area contributed by atoms with Crippen LogP contribution in [-0.4, -0.2) is 54.3 Å². The van der Waals surface area contributed by atoms with Gasteiger partial charge in [-0.15, -0.1) is 11.3 Å². The van der Waals surface area contributed by atoms with Gasteiger partial charge in [0.25, 0.3) is 0 Å². The van der Waals surface area contributed by atoms with Crippen LogP contribution in [0.4, 0.5) is 5.69 Å². The molecule has 138 valence electrons. The third-order valence-corrected chi connectivity index (χ3v) is 5.75. The molecule has 0 unspecified atom stereocenters. The molecule has 0 radical (unpaired) electrons. The summed E-state index contributed by atoms with van der Waals surface area (Å²) in [7, 11) is 0. The molecular weight excluding hydrogens is 346 g/mol. The van der Waals surface area contributed by atoms with Crippen LogP contribution in [0, 0.1) is 13.8 Å². The van der Waals surface area contributed by atoms with E-state index in [1.807, 2.05) is 54.5 Å². The van der Waals surface area contributed by atoms with E-state index in [0.717, 1.165) is 29.2 Å². The first-order valence-electron chi connectivity index (χ1n) is 8.91. The van der Waals surface area contributed by atoms with Crippen molar-refractivity contribution in [3.05, 3.63) is 51.7 Å². The van der Waals surface area contributed by atoms with E-state index < -0.39 is 0 Å². The van der Waals surface area contributed by atoms with Gasteiger partial charge in [-0.2, -0.15) is 0 Å². The van der Waals surface area contributed by atoms with Crippen molar-refractivity contribution in [2.45, 2.75) is 20.3 Å². The molecule has 3 rings (SSSR count). The van der Waals surface area contributed by atoms with Gasteiger partial charge in [0.05, 0.1) is 13.0 Å². The number of nitrogens with zero attached hydrogens (tertiary/aromatic N) is 2. The predicted molar refractivity (Wildman–Crippen MR) is 106 cm³/mol. The number of nitrogens with one attached hydrogen (secondary N) is 1. The van der Waals surface area contributed by atoms with Crippen molar-refractivity contribution in [3.63, 3.8) is 0 Å². The van der Waals surface area contributed by atoms with Crippen molar-refractivity contribution >= 4 is 28.8 Å². The summed E-state index contributed by atoms with van der Waals surface area (Å²) in [6, 6.07) is 9.89. The lowest BCUT2D eigenvalue weighted by atomic mass is 10.1. The normalized spacial score (nSPS) is 15.1. The molecule has 1 saturated heterocycles. The molecule has 1 aromatic carbocycles. The molecule has 0 saturated carbocycles. The fourth-order valence-electron chi connectivity index (χ4n) is 3.11. The number of carbonyl (C=O) groups excluding carboxylic acids is 2. The molecule has 0 bridgehead atoms. The number of thiophene rings is 1. The van der Waals surface area contributed by atoms with Crippen LogP contribution in [0.15, 0.2) is 35.7 Å². The summed E-state index contributed by atoms with van der Waals surface area (Å²) < 4.78 is 0. The van der Waals surface area contributed by atoms with E-state index in [2.05, 4.69) is 10.2 Å². The third kappa shape index (κ3) is 4.71. The molecule has 0 atom stereocenters. The van der Waals surface area contributed by atoms with Gasteiger partial charge in [0.1, 0.15) is 0 Å². The highest BCUT2D eigenvalue weighted by Gasteiger charge is 2.22. The molecule has 2 heterocycles. The van der Waals surface area contributed by atoms with Crippen LogP contribution in [-0.2, 0) is 16.0 Å². The van der Waals surface area contributed by atoms with E-state index in [1.165, 1.54) is 5.56 Å². The van der Waals surface area contributed by atoms with E-state index in [9.17, 15) is 9.59 Å². The molecule has 26 heavy (non-hydrogen) atoms. The maximum absolute atomic E-state index is 12.3. The zero-order valence-corrected chi connectivity index (χ0v) is 16.1. The number of benzene rings is 1. The van der Waals surface area contributed by atoms with Crippen LogP contribution in [0.3, 0.4) is 0 Å². The second kappa shape index (κ2) is 8.47. The van der Waals surface area contributed by atoms with Crippen LogP contribution < -0.4 is 5.32 Å². The molecule has 1 aliphatic heterocycles. The van der Waals surface area contributed by atoms with Crippen LogP contribution in [0.25, 0.3) is 0 Å². The summed E-state index contributed by atoms with van der Waals surface area (Å²) in [5.41, 5.74) is 3.14. The SMILES string of the molecule is Cc1cccc(NC(=O)CN2CCN(C(=O)Cc3cccs3)CC2)c1C. The predicted octanol–water partition coefficient (Wildman–Crippen LogP) is 2.69. The Kier molecular flexibility index (Phi) is 6.06. The van der Waals surface area contributed by atoms with E-state index in [1.54, 1.807) is 11.3 Å². The van der Waals surface area contributed by atoms with Gasteiger partial charge in [-0.05, 0) is 42.5 Å². The van der Waals surface area contributed by atoms with Crippen molar-refractivity contribution in [1.82, 2.24) is 9.80 Å². The van der Waals surface area contributed by atoms with E-state index in [-0.39, 0.29) is 11.8 Å². The Balaban J connectivity index is 1.45. The average Bonchev–Trinajstić information content (AvgIpc) is 3.12. The minimum atomic E-state index is -0.00272. The second-order valence-electron chi connectivity index (χ2n) is 6.71. The van der Waals surface area contributed by atoms with Gasteiger partial charge < -0.3 is 10.2 Å². The van der Waals surface area contributed by atoms with E-state index >= 15 is 0 Å².